The summed E-state index contributed by atoms with van der Waals surface area (Å²) in [6, 6.07) is 5.56. The first-order chi connectivity index (χ1) is 12.6. The number of nitrogens with one attached hydrogen (secondary N) is 3. The lowest BCUT2D eigenvalue weighted by Crippen LogP contribution is -2.28. The summed E-state index contributed by atoms with van der Waals surface area (Å²) < 4.78 is 5.40. The van der Waals surface area contributed by atoms with Crippen LogP contribution in [0.2, 0.25) is 0 Å². The molecule has 1 aliphatic rings. The van der Waals surface area contributed by atoms with E-state index in [2.05, 4.69) is 25.9 Å². The molecule has 0 radical (unpaired) electrons. The quantitative estimate of drug-likeness (QED) is 0.628. The maximum absolute atomic E-state index is 11.3. The average Bonchev–Trinajstić information content (AvgIpc) is 2.64. The number of hydrogen-bond donors (Lipinski definition) is 4. The van der Waals surface area contributed by atoms with Crippen LogP contribution < -0.4 is 21.7 Å². The highest BCUT2D eigenvalue weighted by Gasteiger charge is 2.16. The molecule has 26 heavy (non-hydrogen) atoms. The van der Waals surface area contributed by atoms with Gasteiger partial charge in [0.25, 0.3) is 0 Å². The van der Waals surface area contributed by atoms with E-state index >= 15 is 0 Å². The van der Waals surface area contributed by atoms with Crippen LogP contribution in [0.25, 0.3) is 0 Å². The molecule has 2 aromatic rings. The number of nitrogens with zero attached hydrogens (tertiary/aromatic N) is 2. The van der Waals surface area contributed by atoms with Crippen LogP contribution in [0.5, 0.6) is 0 Å². The maximum Gasteiger partial charge on any atom is 0.248 e. The molecule has 8 heteroatoms. The molecule has 0 unspecified atom stereocenters. The molecular weight excluding hydrogens is 332 g/mol. The van der Waals surface area contributed by atoms with Crippen LogP contribution >= 0.6 is 0 Å². The van der Waals surface area contributed by atoms with Gasteiger partial charge in [0.05, 0.1) is 11.9 Å². The minimum atomic E-state index is -0.447. The van der Waals surface area contributed by atoms with Gasteiger partial charge in [0.1, 0.15) is 0 Å². The largest absolute Gasteiger partial charge is 0.384 e. The molecule has 0 aliphatic carbocycles. The SMILES string of the molecule is CNc1cnc(Nc2ccc(C(N)=O)cc2C)nc1NC1CCOCC1. The number of benzene rings is 1. The van der Waals surface area contributed by atoms with E-state index in [0.29, 0.717) is 17.6 Å². The van der Waals surface area contributed by atoms with Gasteiger partial charge in [0.2, 0.25) is 11.9 Å². The number of nitrogens with two attached hydrogens (primary N) is 1. The van der Waals surface area contributed by atoms with Crippen molar-refractivity contribution in [3.05, 3.63) is 35.5 Å². The standard InChI is InChI=1S/C18H24N6O2/c1-11-9-12(16(19)25)3-4-14(11)23-18-21-10-15(20-2)17(24-18)22-13-5-7-26-8-6-13/h3-4,9-10,13,20H,5-8H2,1-2H3,(H2,19,25)(H2,21,22,23,24). The third kappa shape index (κ3) is 4.20. The Hall–Kier alpha value is -2.87. The van der Waals surface area contributed by atoms with Crippen molar-refractivity contribution in [2.45, 2.75) is 25.8 Å². The topological polar surface area (TPSA) is 114 Å². The minimum absolute atomic E-state index is 0.329. The summed E-state index contributed by atoms with van der Waals surface area (Å²) >= 11 is 0. The van der Waals surface area contributed by atoms with Gasteiger partial charge < -0.3 is 26.4 Å². The van der Waals surface area contributed by atoms with Gasteiger partial charge in [0.15, 0.2) is 5.82 Å². The lowest BCUT2D eigenvalue weighted by atomic mass is 10.1. The molecule has 1 aromatic carbocycles. The van der Waals surface area contributed by atoms with Crippen molar-refractivity contribution in [3.8, 4) is 0 Å². The number of aryl methyl sites for hydroxylation is 1. The second-order valence-corrected chi connectivity index (χ2v) is 6.26. The smallest absolute Gasteiger partial charge is 0.248 e. The summed E-state index contributed by atoms with van der Waals surface area (Å²) in [6.45, 7) is 3.42. The van der Waals surface area contributed by atoms with Gasteiger partial charge in [-0.05, 0) is 43.5 Å². The van der Waals surface area contributed by atoms with Gasteiger partial charge in [-0.25, -0.2) is 4.98 Å². The molecule has 1 aliphatic heterocycles. The van der Waals surface area contributed by atoms with Crippen molar-refractivity contribution >= 4 is 29.0 Å². The zero-order valence-corrected chi connectivity index (χ0v) is 15.0. The third-order valence-electron chi connectivity index (χ3n) is 4.38. The number of aromatic nitrogens is 2. The van der Waals surface area contributed by atoms with Crippen LogP contribution in [0.1, 0.15) is 28.8 Å². The Morgan fingerprint density at radius 2 is 2.04 bits per heavy atom. The molecule has 0 bridgehead atoms. The van der Waals surface area contributed by atoms with Gasteiger partial charge in [-0.1, -0.05) is 0 Å². The Kier molecular flexibility index (Phi) is 5.52. The van der Waals surface area contributed by atoms with Crippen molar-refractivity contribution in [3.63, 3.8) is 0 Å². The van der Waals surface area contributed by atoms with Crippen LogP contribution in [0.4, 0.5) is 23.1 Å². The summed E-state index contributed by atoms with van der Waals surface area (Å²) in [6.07, 6.45) is 3.64. The fourth-order valence-electron chi connectivity index (χ4n) is 2.85. The minimum Gasteiger partial charge on any atom is -0.384 e. The lowest BCUT2D eigenvalue weighted by Gasteiger charge is -2.24. The van der Waals surface area contributed by atoms with Crippen LogP contribution in [0.3, 0.4) is 0 Å². The van der Waals surface area contributed by atoms with E-state index in [9.17, 15) is 4.79 Å². The van der Waals surface area contributed by atoms with Crippen molar-refractivity contribution < 1.29 is 9.53 Å². The average molecular weight is 356 g/mol. The van der Waals surface area contributed by atoms with E-state index in [1.807, 2.05) is 14.0 Å². The fourth-order valence-corrected chi connectivity index (χ4v) is 2.85. The highest BCUT2D eigenvalue weighted by molar-refractivity contribution is 5.93. The molecule has 2 heterocycles. The molecule has 0 spiro atoms. The molecule has 0 atom stereocenters. The molecule has 0 saturated carbocycles. The number of hydrogen-bond acceptors (Lipinski definition) is 7. The van der Waals surface area contributed by atoms with Crippen LogP contribution in [-0.2, 0) is 4.74 Å². The number of rotatable bonds is 6. The molecule has 1 saturated heterocycles. The summed E-state index contributed by atoms with van der Waals surface area (Å²) in [4.78, 5) is 20.2. The molecule has 1 amide bonds. The first-order valence-electron chi connectivity index (χ1n) is 8.63. The Labute approximate surface area is 152 Å². The van der Waals surface area contributed by atoms with E-state index in [4.69, 9.17) is 10.5 Å². The van der Waals surface area contributed by atoms with Gasteiger partial charge >= 0.3 is 0 Å². The van der Waals surface area contributed by atoms with Crippen molar-refractivity contribution in [1.82, 2.24) is 9.97 Å². The normalized spacial score (nSPS) is 14.7. The number of ether oxygens (including phenoxy) is 1. The third-order valence-corrected chi connectivity index (χ3v) is 4.38. The first kappa shape index (κ1) is 17.9. The monoisotopic (exact) mass is 356 g/mol. The Bertz CT molecular complexity index is 789. The van der Waals surface area contributed by atoms with E-state index in [-0.39, 0.29) is 0 Å². The summed E-state index contributed by atoms with van der Waals surface area (Å²) in [5, 5.41) is 9.78. The molecule has 8 nitrogen and oxygen atoms in total. The Morgan fingerprint density at radius 3 is 2.69 bits per heavy atom. The number of carbonyl (C=O) groups is 1. The maximum atomic E-state index is 11.3. The molecule has 3 rings (SSSR count). The zero-order valence-electron chi connectivity index (χ0n) is 15.0. The predicted molar refractivity (Wildman–Crippen MR) is 102 cm³/mol. The molecular formula is C18H24N6O2. The summed E-state index contributed by atoms with van der Waals surface area (Å²) in [5.74, 6) is 0.786. The fraction of sp³-hybridized carbons (Fsp3) is 0.389. The van der Waals surface area contributed by atoms with Gasteiger partial charge in [0, 0.05) is 37.6 Å². The molecule has 5 N–H and O–H groups in total. The molecule has 1 fully saturated rings. The number of primary amides is 1. The Morgan fingerprint density at radius 1 is 1.27 bits per heavy atom. The van der Waals surface area contributed by atoms with Gasteiger partial charge in [-0.2, -0.15) is 4.98 Å². The number of carbonyl (C=O) groups excluding carboxylic acids is 1. The predicted octanol–water partition coefficient (Wildman–Crippen LogP) is 2.26. The molecule has 1 aromatic heterocycles. The van der Waals surface area contributed by atoms with Crippen LogP contribution in [-0.4, -0.2) is 42.2 Å². The van der Waals surface area contributed by atoms with Gasteiger partial charge in [-0.15, -0.1) is 0 Å². The second-order valence-electron chi connectivity index (χ2n) is 6.26. The summed E-state index contributed by atoms with van der Waals surface area (Å²) in [5.41, 5.74) is 8.34. The van der Waals surface area contributed by atoms with Crippen molar-refractivity contribution in [2.24, 2.45) is 5.73 Å². The summed E-state index contributed by atoms with van der Waals surface area (Å²) in [7, 11) is 1.84. The number of amides is 1. The number of anilines is 4. The van der Waals surface area contributed by atoms with Crippen molar-refractivity contribution in [1.29, 1.82) is 0 Å². The van der Waals surface area contributed by atoms with E-state index in [1.165, 1.54) is 0 Å². The lowest BCUT2D eigenvalue weighted by molar-refractivity contribution is 0.0904. The highest BCUT2D eigenvalue weighted by Crippen LogP contribution is 2.25. The second kappa shape index (κ2) is 8.01. The molecule has 138 valence electrons. The first-order valence-corrected chi connectivity index (χ1v) is 8.63. The highest BCUT2D eigenvalue weighted by atomic mass is 16.5. The van der Waals surface area contributed by atoms with E-state index in [0.717, 1.165) is 48.8 Å². The van der Waals surface area contributed by atoms with E-state index < -0.39 is 5.91 Å². The van der Waals surface area contributed by atoms with Crippen molar-refractivity contribution in [2.75, 3.05) is 36.2 Å². The Balaban J connectivity index is 1.79. The van der Waals surface area contributed by atoms with Crippen LogP contribution in [0.15, 0.2) is 24.4 Å². The zero-order chi connectivity index (χ0) is 18.5. The van der Waals surface area contributed by atoms with Crippen LogP contribution in [0, 0.1) is 6.92 Å². The van der Waals surface area contributed by atoms with Gasteiger partial charge in [-0.3, -0.25) is 4.79 Å². The van der Waals surface area contributed by atoms with E-state index in [1.54, 1.807) is 24.4 Å².